The first-order chi connectivity index (χ1) is 7.25. The Balaban J connectivity index is 2.61. The second kappa shape index (κ2) is 2.76. The zero-order valence-electron chi connectivity index (χ0n) is 8.54. The maximum atomic E-state index is 5.83. The minimum Gasteiger partial charge on any atom is -0.399 e. The van der Waals surface area contributed by atoms with Crippen LogP contribution in [0.4, 0.5) is 5.69 Å². The van der Waals surface area contributed by atoms with Gasteiger partial charge in [0.25, 0.3) is 0 Å². The highest BCUT2D eigenvalue weighted by molar-refractivity contribution is 6.09. The number of aromatic amines is 1. The highest BCUT2D eigenvalue weighted by Gasteiger charge is 2.06. The van der Waals surface area contributed by atoms with Crippen molar-refractivity contribution in [3.63, 3.8) is 0 Å². The van der Waals surface area contributed by atoms with Crippen molar-refractivity contribution in [2.24, 2.45) is 0 Å². The van der Waals surface area contributed by atoms with Gasteiger partial charge in [0.05, 0.1) is 0 Å². The number of hydrogen-bond donors (Lipinski definition) is 2. The molecule has 0 spiro atoms. The van der Waals surface area contributed by atoms with Crippen LogP contribution in [0.25, 0.3) is 21.8 Å². The molecule has 2 heteroatoms. The Morgan fingerprint density at radius 2 is 1.87 bits per heavy atom. The van der Waals surface area contributed by atoms with Gasteiger partial charge in [-0.3, -0.25) is 0 Å². The second-order valence-corrected chi connectivity index (χ2v) is 3.93. The van der Waals surface area contributed by atoms with Crippen LogP contribution < -0.4 is 5.73 Å². The summed E-state index contributed by atoms with van der Waals surface area (Å²) in [6, 6.07) is 12.3. The minimum absolute atomic E-state index is 0.812. The molecule has 3 rings (SSSR count). The molecule has 0 amide bonds. The molecule has 1 heterocycles. The summed E-state index contributed by atoms with van der Waals surface area (Å²) < 4.78 is 0. The molecule has 0 unspecified atom stereocenters. The van der Waals surface area contributed by atoms with Gasteiger partial charge >= 0.3 is 0 Å². The number of rotatable bonds is 0. The van der Waals surface area contributed by atoms with Gasteiger partial charge < -0.3 is 10.7 Å². The molecule has 0 aliphatic heterocycles. The second-order valence-electron chi connectivity index (χ2n) is 3.93. The molecule has 0 saturated heterocycles. The monoisotopic (exact) mass is 196 g/mol. The van der Waals surface area contributed by atoms with Crippen molar-refractivity contribution in [3.8, 4) is 0 Å². The van der Waals surface area contributed by atoms with Crippen molar-refractivity contribution in [3.05, 3.63) is 42.0 Å². The number of para-hydroxylation sites is 1. The van der Waals surface area contributed by atoms with Crippen molar-refractivity contribution in [2.45, 2.75) is 6.92 Å². The minimum atomic E-state index is 0.812. The number of benzene rings is 2. The number of anilines is 1. The van der Waals surface area contributed by atoms with Gasteiger partial charge in [0.1, 0.15) is 0 Å². The van der Waals surface area contributed by atoms with Crippen molar-refractivity contribution in [2.75, 3.05) is 5.73 Å². The maximum Gasteiger partial charge on any atom is 0.0488 e. The van der Waals surface area contributed by atoms with Gasteiger partial charge in [-0.05, 0) is 30.7 Å². The molecule has 3 N–H and O–H groups in total. The van der Waals surface area contributed by atoms with Crippen molar-refractivity contribution >= 4 is 27.5 Å². The fraction of sp³-hybridized carbons (Fsp3) is 0.0769. The van der Waals surface area contributed by atoms with Crippen LogP contribution >= 0.6 is 0 Å². The number of nitrogen functional groups attached to an aromatic ring is 1. The lowest BCUT2D eigenvalue weighted by atomic mass is 10.1. The van der Waals surface area contributed by atoms with Crippen LogP contribution in [-0.2, 0) is 0 Å². The van der Waals surface area contributed by atoms with Gasteiger partial charge in [-0.25, -0.2) is 0 Å². The summed E-state index contributed by atoms with van der Waals surface area (Å²) in [6.45, 7) is 2.10. The number of H-pyrrole nitrogens is 1. The summed E-state index contributed by atoms with van der Waals surface area (Å²) in [7, 11) is 0. The summed E-state index contributed by atoms with van der Waals surface area (Å²) in [4.78, 5) is 3.38. The molecular formula is C13H12N2. The van der Waals surface area contributed by atoms with Crippen molar-refractivity contribution in [1.29, 1.82) is 0 Å². The Morgan fingerprint density at radius 3 is 2.73 bits per heavy atom. The number of hydrogen-bond acceptors (Lipinski definition) is 1. The molecule has 0 radical (unpaired) electrons. The number of aromatic nitrogens is 1. The zero-order valence-corrected chi connectivity index (χ0v) is 8.54. The predicted octanol–water partition coefficient (Wildman–Crippen LogP) is 3.21. The molecule has 2 aromatic carbocycles. The molecule has 3 aromatic rings. The molecule has 2 nitrogen and oxygen atoms in total. The highest BCUT2D eigenvalue weighted by Crippen LogP contribution is 2.29. The molecule has 0 saturated carbocycles. The Kier molecular flexibility index (Phi) is 1.54. The fourth-order valence-corrected chi connectivity index (χ4v) is 2.23. The molecular weight excluding hydrogens is 184 g/mol. The predicted molar refractivity (Wildman–Crippen MR) is 65.0 cm³/mol. The van der Waals surface area contributed by atoms with Gasteiger partial charge in [-0.2, -0.15) is 0 Å². The molecule has 0 aliphatic rings. The molecule has 0 fully saturated rings. The van der Waals surface area contributed by atoms with E-state index in [4.69, 9.17) is 5.73 Å². The third kappa shape index (κ3) is 1.11. The zero-order chi connectivity index (χ0) is 10.4. The maximum absolute atomic E-state index is 5.83. The number of nitrogens with two attached hydrogens (primary N) is 1. The molecule has 0 atom stereocenters. The average molecular weight is 196 g/mol. The fourth-order valence-electron chi connectivity index (χ4n) is 2.23. The van der Waals surface area contributed by atoms with Crippen LogP contribution in [0.3, 0.4) is 0 Å². The van der Waals surface area contributed by atoms with Crippen LogP contribution in [0.15, 0.2) is 36.4 Å². The van der Waals surface area contributed by atoms with Crippen LogP contribution in [0.1, 0.15) is 5.56 Å². The number of fused-ring (bicyclic) bond motifs is 3. The number of aryl methyl sites for hydroxylation is 1. The van der Waals surface area contributed by atoms with E-state index < -0.39 is 0 Å². The van der Waals surface area contributed by atoms with Gasteiger partial charge in [0.2, 0.25) is 0 Å². The van der Waals surface area contributed by atoms with Crippen LogP contribution in [-0.4, -0.2) is 4.98 Å². The van der Waals surface area contributed by atoms with Gasteiger partial charge in [0.15, 0.2) is 0 Å². The van der Waals surface area contributed by atoms with E-state index >= 15 is 0 Å². The van der Waals surface area contributed by atoms with E-state index in [0.717, 1.165) is 11.2 Å². The molecule has 0 bridgehead atoms. The third-order valence-electron chi connectivity index (χ3n) is 2.82. The Labute approximate surface area is 87.7 Å². The first-order valence-corrected chi connectivity index (χ1v) is 5.02. The molecule has 74 valence electrons. The lowest BCUT2D eigenvalue weighted by Gasteiger charge is -1.99. The van der Waals surface area contributed by atoms with Gasteiger partial charge in [0, 0.05) is 27.5 Å². The quantitative estimate of drug-likeness (QED) is 0.532. The number of nitrogens with one attached hydrogen (secondary N) is 1. The van der Waals surface area contributed by atoms with E-state index in [-0.39, 0.29) is 0 Å². The average Bonchev–Trinajstić information content (AvgIpc) is 2.54. The van der Waals surface area contributed by atoms with Crippen LogP contribution in [0, 0.1) is 6.92 Å². The normalized spacial score (nSPS) is 11.3. The first-order valence-electron chi connectivity index (χ1n) is 5.02. The van der Waals surface area contributed by atoms with Gasteiger partial charge in [-0.1, -0.05) is 18.2 Å². The summed E-state index contributed by atoms with van der Waals surface area (Å²) in [5.41, 5.74) is 10.1. The lowest BCUT2D eigenvalue weighted by Crippen LogP contribution is -1.85. The molecule has 15 heavy (non-hydrogen) atoms. The van der Waals surface area contributed by atoms with E-state index in [0.29, 0.717) is 0 Å². The van der Waals surface area contributed by atoms with E-state index in [1.807, 2.05) is 18.2 Å². The summed E-state index contributed by atoms with van der Waals surface area (Å²) >= 11 is 0. The van der Waals surface area contributed by atoms with Crippen LogP contribution in [0.2, 0.25) is 0 Å². The van der Waals surface area contributed by atoms with Gasteiger partial charge in [-0.15, -0.1) is 0 Å². The van der Waals surface area contributed by atoms with E-state index in [1.54, 1.807) is 0 Å². The topological polar surface area (TPSA) is 41.8 Å². The van der Waals surface area contributed by atoms with Crippen LogP contribution in [0.5, 0.6) is 0 Å². The third-order valence-corrected chi connectivity index (χ3v) is 2.82. The van der Waals surface area contributed by atoms with Crippen molar-refractivity contribution in [1.82, 2.24) is 4.98 Å². The molecule has 1 aromatic heterocycles. The summed E-state index contributed by atoms with van der Waals surface area (Å²) in [5, 5.41) is 2.55. The SMILES string of the molecule is Cc1cc(N)cc2[nH]c3ccccc3c12. The Morgan fingerprint density at radius 1 is 1.07 bits per heavy atom. The lowest BCUT2D eigenvalue weighted by molar-refractivity contribution is 1.51. The Bertz CT molecular complexity index is 650. The van der Waals surface area contributed by atoms with Crippen molar-refractivity contribution < 1.29 is 0 Å². The highest BCUT2D eigenvalue weighted by atomic mass is 14.7. The molecule has 0 aliphatic carbocycles. The smallest absolute Gasteiger partial charge is 0.0488 e. The van der Waals surface area contributed by atoms with E-state index in [9.17, 15) is 0 Å². The van der Waals surface area contributed by atoms with E-state index in [2.05, 4.69) is 30.1 Å². The Hall–Kier alpha value is -1.96. The van der Waals surface area contributed by atoms with E-state index in [1.165, 1.54) is 21.9 Å². The largest absolute Gasteiger partial charge is 0.399 e. The standard InChI is InChI=1S/C13H12N2/c1-8-6-9(14)7-12-13(8)10-4-2-3-5-11(10)15-12/h2-7,15H,14H2,1H3. The summed E-state index contributed by atoms with van der Waals surface area (Å²) in [5.74, 6) is 0. The first kappa shape index (κ1) is 8.36. The summed E-state index contributed by atoms with van der Waals surface area (Å²) in [6.07, 6.45) is 0.